The molecule has 1 rings (SSSR count). The van der Waals surface area contributed by atoms with E-state index in [1.807, 2.05) is 4.90 Å². The zero-order valence-electron chi connectivity index (χ0n) is 7.94. The van der Waals surface area contributed by atoms with Gasteiger partial charge in [-0.1, -0.05) is 5.11 Å². The Labute approximate surface area is 81.5 Å². The van der Waals surface area contributed by atoms with Crippen LogP contribution in [0.5, 0.6) is 0 Å². The van der Waals surface area contributed by atoms with Crippen molar-refractivity contribution in [2.45, 2.75) is 19.3 Å². The number of halogens is 2. The maximum absolute atomic E-state index is 12.4. The van der Waals surface area contributed by atoms with Gasteiger partial charge in [-0.05, 0) is 24.9 Å². The van der Waals surface area contributed by atoms with Crippen LogP contribution in [-0.4, -0.2) is 37.5 Å². The molecule has 6 heteroatoms. The quantitative estimate of drug-likeness (QED) is 0.393. The average molecular weight is 204 g/mol. The molecule has 0 unspecified atom stereocenters. The van der Waals surface area contributed by atoms with Crippen molar-refractivity contribution < 1.29 is 8.78 Å². The first-order valence-corrected chi connectivity index (χ1v) is 4.75. The van der Waals surface area contributed by atoms with Crippen molar-refractivity contribution in [3.8, 4) is 0 Å². The molecule has 0 N–H and O–H groups in total. The lowest BCUT2D eigenvalue weighted by Gasteiger charge is -2.31. The SMILES string of the molecule is [N-]=[N+]=NCCN1CCC[C@H](C(F)F)C1. The average Bonchev–Trinajstić information content (AvgIpc) is 2.19. The topological polar surface area (TPSA) is 52.0 Å². The molecule has 0 saturated carbocycles. The Bertz CT molecular complexity index is 215. The van der Waals surface area contributed by atoms with Gasteiger partial charge < -0.3 is 4.90 Å². The van der Waals surface area contributed by atoms with E-state index in [-0.39, 0.29) is 0 Å². The van der Waals surface area contributed by atoms with Crippen molar-refractivity contribution in [1.29, 1.82) is 0 Å². The Kier molecular flexibility index (Phi) is 4.62. The summed E-state index contributed by atoms with van der Waals surface area (Å²) in [5.74, 6) is -0.505. The summed E-state index contributed by atoms with van der Waals surface area (Å²) in [5.41, 5.74) is 8.06. The number of azide groups is 1. The van der Waals surface area contributed by atoms with Gasteiger partial charge in [0.05, 0.1) is 0 Å². The third kappa shape index (κ3) is 3.47. The fourth-order valence-corrected chi connectivity index (χ4v) is 1.73. The van der Waals surface area contributed by atoms with Gasteiger partial charge in [-0.25, -0.2) is 8.78 Å². The highest BCUT2D eigenvalue weighted by Gasteiger charge is 2.26. The summed E-state index contributed by atoms with van der Waals surface area (Å²) in [6.07, 6.45) is -0.807. The molecule has 1 aliphatic rings. The monoisotopic (exact) mass is 204 g/mol. The van der Waals surface area contributed by atoms with Gasteiger partial charge in [0.25, 0.3) is 0 Å². The third-order valence-corrected chi connectivity index (χ3v) is 2.48. The van der Waals surface area contributed by atoms with E-state index in [4.69, 9.17) is 5.53 Å². The molecule has 4 nitrogen and oxygen atoms in total. The van der Waals surface area contributed by atoms with Crippen LogP contribution >= 0.6 is 0 Å². The van der Waals surface area contributed by atoms with Gasteiger partial charge in [-0.2, -0.15) is 0 Å². The van der Waals surface area contributed by atoms with Crippen molar-refractivity contribution in [1.82, 2.24) is 4.90 Å². The van der Waals surface area contributed by atoms with Crippen LogP contribution in [0.3, 0.4) is 0 Å². The highest BCUT2D eigenvalue weighted by Crippen LogP contribution is 2.22. The van der Waals surface area contributed by atoms with Crippen LogP contribution < -0.4 is 0 Å². The molecule has 0 radical (unpaired) electrons. The molecule has 0 aromatic heterocycles. The first kappa shape index (κ1) is 11.2. The van der Waals surface area contributed by atoms with E-state index in [1.165, 1.54) is 0 Å². The van der Waals surface area contributed by atoms with Crippen LogP contribution in [0.4, 0.5) is 8.78 Å². The van der Waals surface area contributed by atoms with Crippen LogP contribution in [0.15, 0.2) is 5.11 Å². The number of likely N-dealkylation sites (tertiary alicyclic amines) is 1. The van der Waals surface area contributed by atoms with Crippen molar-refractivity contribution in [3.05, 3.63) is 10.4 Å². The maximum atomic E-state index is 12.4. The third-order valence-electron chi connectivity index (χ3n) is 2.48. The lowest BCUT2D eigenvalue weighted by atomic mass is 9.99. The second-order valence-electron chi connectivity index (χ2n) is 3.49. The first-order valence-electron chi connectivity index (χ1n) is 4.75. The van der Waals surface area contributed by atoms with E-state index < -0.39 is 12.3 Å². The summed E-state index contributed by atoms with van der Waals surface area (Å²) in [4.78, 5) is 4.56. The smallest absolute Gasteiger partial charge is 0.242 e. The zero-order valence-corrected chi connectivity index (χ0v) is 7.94. The minimum Gasteiger partial charge on any atom is -0.303 e. The fraction of sp³-hybridized carbons (Fsp3) is 1.00. The molecule has 1 heterocycles. The molecule has 80 valence electrons. The number of nitrogens with zero attached hydrogens (tertiary/aromatic N) is 4. The number of hydrogen-bond donors (Lipinski definition) is 0. The van der Waals surface area contributed by atoms with Gasteiger partial charge in [-0.15, -0.1) is 0 Å². The highest BCUT2D eigenvalue weighted by molar-refractivity contribution is 4.74. The Hall–Kier alpha value is -0.870. The molecule has 0 bridgehead atoms. The number of rotatable bonds is 4. The molecule has 1 atom stereocenters. The second kappa shape index (κ2) is 5.78. The minimum absolute atomic E-state index is 0.368. The van der Waals surface area contributed by atoms with Crippen LogP contribution in [0, 0.1) is 5.92 Å². The van der Waals surface area contributed by atoms with E-state index >= 15 is 0 Å². The predicted molar refractivity (Wildman–Crippen MR) is 49.2 cm³/mol. The van der Waals surface area contributed by atoms with Crippen LogP contribution in [-0.2, 0) is 0 Å². The second-order valence-corrected chi connectivity index (χ2v) is 3.49. The fourth-order valence-electron chi connectivity index (χ4n) is 1.73. The molecule has 0 amide bonds. The Balaban J connectivity index is 2.28. The lowest BCUT2D eigenvalue weighted by Crippen LogP contribution is -2.39. The maximum Gasteiger partial charge on any atom is 0.242 e. The zero-order chi connectivity index (χ0) is 10.4. The van der Waals surface area contributed by atoms with Gasteiger partial charge >= 0.3 is 0 Å². The lowest BCUT2D eigenvalue weighted by molar-refractivity contribution is 0.0286. The molecule has 0 spiro atoms. The van der Waals surface area contributed by atoms with Gasteiger partial charge in [-0.3, -0.25) is 0 Å². The number of alkyl halides is 2. The molecular weight excluding hydrogens is 190 g/mol. The largest absolute Gasteiger partial charge is 0.303 e. The summed E-state index contributed by atoms with van der Waals surface area (Å²) in [6, 6.07) is 0. The minimum atomic E-state index is -2.22. The van der Waals surface area contributed by atoms with Crippen molar-refractivity contribution in [3.63, 3.8) is 0 Å². The summed E-state index contributed by atoms with van der Waals surface area (Å²) >= 11 is 0. The summed E-state index contributed by atoms with van der Waals surface area (Å²) in [6.45, 7) is 2.22. The van der Waals surface area contributed by atoms with Crippen molar-refractivity contribution in [2.24, 2.45) is 11.0 Å². The standard InChI is InChI=1S/C8H14F2N4/c9-8(10)7-2-1-4-14(6-7)5-3-12-13-11/h7-8H,1-6H2/t7-/m0/s1. The van der Waals surface area contributed by atoms with E-state index in [0.717, 1.165) is 13.0 Å². The Morgan fingerprint density at radius 1 is 1.57 bits per heavy atom. The van der Waals surface area contributed by atoms with Gasteiger partial charge in [0, 0.05) is 30.5 Å². The molecule has 0 aromatic rings. The summed E-state index contributed by atoms with van der Waals surface area (Å²) in [7, 11) is 0. The molecular formula is C8H14F2N4. The Morgan fingerprint density at radius 3 is 3.00 bits per heavy atom. The number of hydrogen-bond acceptors (Lipinski definition) is 2. The number of piperidine rings is 1. The van der Waals surface area contributed by atoms with Crippen LogP contribution in [0.2, 0.25) is 0 Å². The van der Waals surface area contributed by atoms with Crippen LogP contribution in [0.25, 0.3) is 10.4 Å². The van der Waals surface area contributed by atoms with E-state index in [9.17, 15) is 8.78 Å². The van der Waals surface area contributed by atoms with E-state index in [0.29, 0.717) is 26.1 Å². The van der Waals surface area contributed by atoms with Gasteiger partial charge in [0.1, 0.15) is 0 Å². The Morgan fingerprint density at radius 2 is 2.36 bits per heavy atom. The normalized spacial score (nSPS) is 23.5. The van der Waals surface area contributed by atoms with Crippen molar-refractivity contribution >= 4 is 0 Å². The van der Waals surface area contributed by atoms with Crippen LogP contribution in [0.1, 0.15) is 12.8 Å². The van der Waals surface area contributed by atoms with Gasteiger partial charge in [0.15, 0.2) is 0 Å². The molecule has 0 aliphatic carbocycles. The predicted octanol–water partition coefficient (Wildman–Crippen LogP) is 2.27. The first-order chi connectivity index (χ1) is 6.74. The van der Waals surface area contributed by atoms with E-state index in [1.54, 1.807) is 0 Å². The van der Waals surface area contributed by atoms with E-state index in [2.05, 4.69) is 10.0 Å². The van der Waals surface area contributed by atoms with Crippen molar-refractivity contribution in [2.75, 3.05) is 26.2 Å². The molecule has 1 fully saturated rings. The molecule has 14 heavy (non-hydrogen) atoms. The molecule has 1 aliphatic heterocycles. The molecule has 1 saturated heterocycles. The highest BCUT2D eigenvalue weighted by atomic mass is 19.3. The summed E-state index contributed by atoms with van der Waals surface area (Å²) in [5, 5.41) is 3.39. The molecule has 0 aromatic carbocycles. The van der Waals surface area contributed by atoms with Gasteiger partial charge in [0.2, 0.25) is 6.43 Å². The summed E-state index contributed by atoms with van der Waals surface area (Å²) < 4.78 is 24.7.